The van der Waals surface area contributed by atoms with Gasteiger partial charge in [-0.05, 0) is 46.0 Å². The molecule has 32 heavy (non-hydrogen) atoms. The van der Waals surface area contributed by atoms with Gasteiger partial charge in [0.15, 0.2) is 17.2 Å². The van der Waals surface area contributed by atoms with Gasteiger partial charge in [0.1, 0.15) is 22.8 Å². The highest BCUT2D eigenvalue weighted by Gasteiger charge is 2.66. The van der Waals surface area contributed by atoms with E-state index in [0.717, 1.165) is 6.92 Å². The number of carbonyl (C=O) groups excluding carboxylic acids is 3. The summed E-state index contributed by atoms with van der Waals surface area (Å²) in [5.74, 6) is -6.95. The average molecular weight is 443 g/mol. The molecule has 1 fully saturated rings. The van der Waals surface area contributed by atoms with Gasteiger partial charge >= 0.3 is 0 Å². The number of ketones is 3. The number of benzene rings is 1. The fourth-order valence-corrected chi connectivity index (χ4v) is 5.60. The summed E-state index contributed by atoms with van der Waals surface area (Å²) >= 11 is 0. The largest absolute Gasteiger partial charge is 0.508 e. The second-order valence-electron chi connectivity index (χ2n) is 9.15. The number of fused-ring (bicyclic) bond motifs is 3. The molecule has 0 radical (unpaired) electrons. The Kier molecular flexibility index (Phi) is 4.68. The molecule has 0 amide bonds. The number of aliphatic hydroxyl groups excluding tert-OH is 2. The second-order valence-corrected chi connectivity index (χ2v) is 9.15. The molecule has 5 atom stereocenters. The number of carbonyl (C=O) groups is 3. The molecule has 0 saturated heterocycles. The third-order valence-corrected chi connectivity index (χ3v) is 7.13. The Morgan fingerprint density at radius 1 is 1.12 bits per heavy atom. The molecule has 1 aromatic carbocycles. The quantitative estimate of drug-likeness (QED) is 0.416. The first-order valence-corrected chi connectivity index (χ1v) is 10.2. The van der Waals surface area contributed by atoms with Crippen LogP contribution in [0.2, 0.25) is 0 Å². The molecular formula is C23H25NO8. The standard InChI is InChI=1S/C23H25NO8/c1-9(25)14-19(28)17(24(3)4)12-8-11-16(21(30)23(12,32)20(14)29)18(27)15-10(22(11,2)31)6-5-7-13(15)26/h5-7,11-12,17,26-27,29,31-32H,8H2,1-4H3. The van der Waals surface area contributed by atoms with Crippen LogP contribution in [0.15, 0.2) is 35.1 Å². The Balaban J connectivity index is 2.05. The molecule has 0 aromatic heterocycles. The number of aromatic hydroxyl groups is 1. The molecule has 1 aromatic rings. The van der Waals surface area contributed by atoms with Crippen molar-refractivity contribution >= 4 is 23.1 Å². The van der Waals surface area contributed by atoms with Gasteiger partial charge in [-0.3, -0.25) is 19.3 Å². The zero-order valence-electron chi connectivity index (χ0n) is 18.1. The number of likely N-dealkylation sites (N-methyl/N-ethyl adjacent to an activating group) is 1. The highest BCUT2D eigenvalue weighted by molar-refractivity contribution is 6.25. The summed E-state index contributed by atoms with van der Waals surface area (Å²) in [6, 6.07) is 3.14. The van der Waals surface area contributed by atoms with Gasteiger partial charge in [0.25, 0.3) is 0 Å². The molecule has 3 aliphatic rings. The molecule has 5 N–H and O–H groups in total. The fourth-order valence-electron chi connectivity index (χ4n) is 5.60. The SMILES string of the molecule is CC(=O)C1=C(O)C2(O)C(=O)C3=C(O)c4c(O)cccc4C(C)(O)C3CC2C(N(C)C)C1=O. The van der Waals surface area contributed by atoms with Gasteiger partial charge < -0.3 is 25.5 Å². The van der Waals surface area contributed by atoms with E-state index in [0.29, 0.717) is 0 Å². The molecule has 0 aliphatic heterocycles. The minimum atomic E-state index is -2.67. The molecule has 0 heterocycles. The van der Waals surface area contributed by atoms with Gasteiger partial charge in [-0.15, -0.1) is 0 Å². The van der Waals surface area contributed by atoms with Crippen LogP contribution in [-0.4, -0.2) is 73.5 Å². The van der Waals surface area contributed by atoms with Crippen LogP contribution in [-0.2, 0) is 20.0 Å². The number of hydrogen-bond acceptors (Lipinski definition) is 9. The van der Waals surface area contributed by atoms with E-state index in [4.69, 9.17) is 0 Å². The van der Waals surface area contributed by atoms with Crippen LogP contribution in [0.3, 0.4) is 0 Å². The van der Waals surface area contributed by atoms with E-state index in [1.165, 1.54) is 30.0 Å². The van der Waals surface area contributed by atoms with Crippen molar-refractivity contribution in [3.05, 3.63) is 46.2 Å². The van der Waals surface area contributed by atoms with E-state index in [1.807, 2.05) is 0 Å². The highest BCUT2D eigenvalue weighted by Crippen LogP contribution is 2.57. The van der Waals surface area contributed by atoms with Crippen LogP contribution in [0.1, 0.15) is 31.4 Å². The Hall–Kier alpha value is -3.01. The summed E-state index contributed by atoms with van der Waals surface area (Å²) in [6.45, 7) is 2.47. The second kappa shape index (κ2) is 6.74. The highest BCUT2D eigenvalue weighted by atomic mass is 16.3. The van der Waals surface area contributed by atoms with E-state index in [9.17, 15) is 39.9 Å². The predicted octanol–water partition coefficient (Wildman–Crippen LogP) is 0.733. The molecule has 0 bridgehead atoms. The van der Waals surface area contributed by atoms with Crippen LogP contribution < -0.4 is 0 Å². The summed E-state index contributed by atoms with van der Waals surface area (Å²) in [6.07, 6.45) is -0.159. The molecule has 9 heteroatoms. The van der Waals surface area contributed by atoms with Gasteiger partial charge in [0.2, 0.25) is 5.78 Å². The summed E-state index contributed by atoms with van der Waals surface area (Å²) < 4.78 is 0. The molecule has 3 aliphatic carbocycles. The predicted molar refractivity (Wildman–Crippen MR) is 112 cm³/mol. The number of phenols is 1. The molecule has 4 rings (SSSR count). The lowest BCUT2D eigenvalue weighted by molar-refractivity contribution is -0.159. The summed E-state index contributed by atoms with van der Waals surface area (Å²) in [5, 5.41) is 55.1. The molecule has 170 valence electrons. The van der Waals surface area contributed by atoms with Crippen LogP contribution >= 0.6 is 0 Å². The molecule has 5 unspecified atom stereocenters. The average Bonchev–Trinajstić information content (AvgIpc) is 2.68. The number of hydrogen-bond donors (Lipinski definition) is 5. The van der Waals surface area contributed by atoms with Crippen LogP contribution in [0, 0.1) is 11.8 Å². The lowest BCUT2D eigenvalue weighted by Gasteiger charge is -2.53. The van der Waals surface area contributed by atoms with Gasteiger partial charge in [-0.25, -0.2) is 0 Å². The number of nitrogens with zero attached hydrogens (tertiary/aromatic N) is 1. The maximum atomic E-state index is 13.7. The zero-order valence-corrected chi connectivity index (χ0v) is 18.1. The third kappa shape index (κ3) is 2.52. The number of aliphatic hydroxyl groups is 4. The van der Waals surface area contributed by atoms with E-state index in [1.54, 1.807) is 14.1 Å². The zero-order chi connectivity index (χ0) is 23.9. The Bertz CT molecular complexity index is 1140. The minimum absolute atomic E-state index is 0.148. The summed E-state index contributed by atoms with van der Waals surface area (Å²) in [7, 11) is 3.09. The maximum Gasteiger partial charge on any atom is 0.202 e. The van der Waals surface area contributed by atoms with Crippen molar-refractivity contribution in [2.75, 3.05) is 14.1 Å². The normalized spacial score (nSPS) is 34.4. The van der Waals surface area contributed by atoms with Crippen molar-refractivity contribution in [3.8, 4) is 5.75 Å². The molecule has 1 saturated carbocycles. The van der Waals surface area contributed by atoms with Gasteiger partial charge in [-0.1, -0.05) is 12.1 Å². The van der Waals surface area contributed by atoms with Gasteiger partial charge in [0, 0.05) is 17.4 Å². The first kappa shape index (κ1) is 22.2. The molecular weight excluding hydrogens is 418 g/mol. The van der Waals surface area contributed by atoms with E-state index in [-0.39, 0.29) is 28.9 Å². The Labute approximate surface area is 183 Å². The molecule has 9 nitrogen and oxygen atoms in total. The number of Topliss-reactive ketones (excluding diaryl/α,β-unsaturated/α-hetero) is 3. The lowest BCUT2D eigenvalue weighted by Crippen LogP contribution is -2.66. The first-order valence-electron chi connectivity index (χ1n) is 10.2. The topological polar surface area (TPSA) is 156 Å². The van der Waals surface area contributed by atoms with Crippen molar-refractivity contribution in [2.24, 2.45) is 11.8 Å². The first-order chi connectivity index (χ1) is 14.8. The monoisotopic (exact) mass is 443 g/mol. The van der Waals surface area contributed by atoms with E-state index < -0.39 is 63.5 Å². The Morgan fingerprint density at radius 2 is 1.75 bits per heavy atom. The fraction of sp³-hybridized carbons (Fsp3) is 0.435. The molecule has 0 spiro atoms. The van der Waals surface area contributed by atoms with Crippen LogP contribution in [0.25, 0.3) is 5.76 Å². The maximum absolute atomic E-state index is 13.7. The van der Waals surface area contributed by atoms with E-state index >= 15 is 0 Å². The van der Waals surface area contributed by atoms with Gasteiger partial charge in [0.05, 0.1) is 17.2 Å². The lowest BCUT2D eigenvalue weighted by atomic mass is 9.54. The van der Waals surface area contributed by atoms with Crippen LogP contribution in [0.4, 0.5) is 0 Å². The van der Waals surface area contributed by atoms with Crippen molar-refractivity contribution in [1.82, 2.24) is 4.90 Å². The third-order valence-electron chi connectivity index (χ3n) is 7.13. The van der Waals surface area contributed by atoms with E-state index in [2.05, 4.69) is 0 Å². The minimum Gasteiger partial charge on any atom is -0.508 e. The van der Waals surface area contributed by atoms with Crippen molar-refractivity contribution in [1.29, 1.82) is 0 Å². The number of phenolic OH excluding ortho intramolecular Hbond substituents is 1. The van der Waals surface area contributed by atoms with Gasteiger partial charge in [-0.2, -0.15) is 0 Å². The van der Waals surface area contributed by atoms with Crippen LogP contribution in [0.5, 0.6) is 5.75 Å². The van der Waals surface area contributed by atoms with Crippen molar-refractivity contribution < 1.29 is 39.9 Å². The Morgan fingerprint density at radius 3 is 2.31 bits per heavy atom. The summed E-state index contributed by atoms with van der Waals surface area (Å²) in [4.78, 5) is 40.4. The smallest absolute Gasteiger partial charge is 0.202 e. The van der Waals surface area contributed by atoms with Crippen molar-refractivity contribution in [2.45, 2.75) is 37.5 Å². The summed E-state index contributed by atoms with van der Waals surface area (Å²) in [5.41, 5.74) is -5.40. The van der Waals surface area contributed by atoms with Crippen molar-refractivity contribution in [3.63, 3.8) is 0 Å². The number of rotatable bonds is 2.